The molecule has 1 radical (unpaired) electrons. The quantitative estimate of drug-likeness (QED) is 0.506. The Balaban J connectivity index is 3.09. The molecule has 1 rings (SSSR count). The first-order valence-corrected chi connectivity index (χ1v) is 10.5. The highest BCUT2D eigenvalue weighted by Gasteiger charge is 2.46. The Hall–Kier alpha value is -0.563. The Morgan fingerprint density at radius 1 is 0.652 bits per heavy atom. The molecule has 0 amide bonds. The summed E-state index contributed by atoms with van der Waals surface area (Å²) in [6.45, 7) is 26.5. The number of benzene rings is 1. The third-order valence-electron chi connectivity index (χ3n) is 4.64. The van der Waals surface area contributed by atoms with E-state index in [-0.39, 0.29) is 5.41 Å². The van der Waals surface area contributed by atoms with Gasteiger partial charge in [0.2, 0.25) is 0 Å². The van der Waals surface area contributed by atoms with E-state index in [4.69, 9.17) is 0 Å². The van der Waals surface area contributed by atoms with E-state index in [0.29, 0.717) is 15.1 Å². The van der Waals surface area contributed by atoms with Gasteiger partial charge < -0.3 is 0 Å². The standard InChI is InChI=1S/C22H39Si/c1-19(2,3)18-14-12-17(13-15-18)16-22(10,11)23(20(4,5)6)21(7,8)9/h12-15H,16H2,1-11H3. The van der Waals surface area contributed by atoms with Gasteiger partial charge in [0.1, 0.15) is 0 Å². The van der Waals surface area contributed by atoms with Crippen molar-refractivity contribution in [3.05, 3.63) is 35.4 Å². The molecule has 0 aliphatic carbocycles. The fourth-order valence-electron chi connectivity index (χ4n) is 4.88. The van der Waals surface area contributed by atoms with Crippen molar-refractivity contribution in [1.82, 2.24) is 0 Å². The summed E-state index contributed by atoms with van der Waals surface area (Å²) in [5.74, 6) is 0. The summed E-state index contributed by atoms with van der Waals surface area (Å²) in [7, 11) is -0.588. The predicted octanol–water partition coefficient (Wildman–Crippen LogP) is 7.40. The minimum atomic E-state index is -0.588. The Morgan fingerprint density at radius 3 is 1.35 bits per heavy atom. The number of hydrogen-bond acceptors (Lipinski definition) is 0. The van der Waals surface area contributed by atoms with Crippen molar-refractivity contribution in [2.75, 3.05) is 0 Å². The van der Waals surface area contributed by atoms with Gasteiger partial charge in [0.25, 0.3) is 0 Å². The molecule has 0 fully saturated rings. The van der Waals surface area contributed by atoms with E-state index in [2.05, 4.69) is 100 Å². The highest BCUT2D eigenvalue weighted by molar-refractivity contribution is 6.68. The normalized spacial score (nSPS) is 14.4. The lowest BCUT2D eigenvalue weighted by Crippen LogP contribution is -2.44. The van der Waals surface area contributed by atoms with E-state index in [1.165, 1.54) is 17.5 Å². The molecule has 0 aliphatic rings. The van der Waals surface area contributed by atoms with Gasteiger partial charge in [-0.25, -0.2) is 0 Å². The van der Waals surface area contributed by atoms with Gasteiger partial charge in [-0.1, -0.05) is 100 Å². The molecule has 0 heterocycles. The molecule has 0 aliphatic heterocycles. The summed E-state index contributed by atoms with van der Waals surface area (Å²) in [6.07, 6.45) is 1.18. The first-order chi connectivity index (χ1) is 10.0. The van der Waals surface area contributed by atoms with Gasteiger partial charge in [-0.3, -0.25) is 0 Å². The van der Waals surface area contributed by atoms with Crippen molar-refractivity contribution in [3.63, 3.8) is 0 Å². The zero-order chi connectivity index (χ0) is 18.3. The second-order valence-corrected chi connectivity index (χ2v) is 16.0. The van der Waals surface area contributed by atoms with Gasteiger partial charge in [-0.05, 0) is 38.1 Å². The molecule has 131 valence electrons. The van der Waals surface area contributed by atoms with Crippen LogP contribution >= 0.6 is 0 Å². The lowest BCUT2D eigenvalue weighted by molar-refractivity contribution is 0.539. The van der Waals surface area contributed by atoms with Crippen molar-refractivity contribution >= 4 is 8.80 Å². The zero-order valence-corrected chi connectivity index (χ0v) is 18.5. The van der Waals surface area contributed by atoms with Crippen LogP contribution in [0, 0.1) is 0 Å². The first-order valence-electron chi connectivity index (χ1n) is 9.03. The summed E-state index contributed by atoms with van der Waals surface area (Å²) in [6, 6.07) is 9.36. The van der Waals surface area contributed by atoms with Gasteiger partial charge in [0.15, 0.2) is 0 Å². The van der Waals surface area contributed by atoms with Crippen LogP contribution in [0.4, 0.5) is 0 Å². The van der Waals surface area contributed by atoms with E-state index >= 15 is 0 Å². The van der Waals surface area contributed by atoms with E-state index in [1.807, 2.05) is 0 Å². The van der Waals surface area contributed by atoms with E-state index in [9.17, 15) is 0 Å². The molecular formula is C22H39Si. The largest absolute Gasteiger partial charge is 0.0659 e. The molecule has 0 bridgehead atoms. The third-order valence-corrected chi connectivity index (χ3v) is 9.17. The van der Waals surface area contributed by atoms with Gasteiger partial charge >= 0.3 is 0 Å². The molecular weight excluding hydrogens is 292 g/mol. The summed E-state index contributed by atoms with van der Waals surface area (Å²) < 4.78 is 0. The summed E-state index contributed by atoms with van der Waals surface area (Å²) >= 11 is 0. The summed E-state index contributed by atoms with van der Waals surface area (Å²) in [5.41, 5.74) is 3.15. The second-order valence-electron chi connectivity index (χ2n) is 10.9. The molecule has 0 N–H and O–H groups in total. The van der Waals surface area contributed by atoms with Gasteiger partial charge in [0, 0.05) is 0 Å². The van der Waals surface area contributed by atoms with Crippen LogP contribution in [-0.2, 0) is 11.8 Å². The van der Waals surface area contributed by atoms with E-state index in [0.717, 1.165) is 0 Å². The van der Waals surface area contributed by atoms with Crippen LogP contribution in [0.15, 0.2) is 24.3 Å². The molecule has 1 heteroatoms. The average Bonchev–Trinajstić information content (AvgIpc) is 2.22. The topological polar surface area (TPSA) is 0 Å². The molecule has 0 aromatic heterocycles. The minimum absolute atomic E-state index is 0.236. The smallest absolute Gasteiger partial charge is 0.0627 e. The monoisotopic (exact) mass is 331 g/mol. The van der Waals surface area contributed by atoms with E-state index < -0.39 is 8.80 Å². The van der Waals surface area contributed by atoms with Crippen LogP contribution in [0.2, 0.25) is 15.1 Å². The Kier molecular flexibility index (Phi) is 5.69. The molecule has 0 saturated heterocycles. The minimum Gasteiger partial charge on any atom is -0.0627 e. The highest BCUT2D eigenvalue weighted by atomic mass is 28.3. The molecule has 0 nitrogen and oxygen atoms in total. The van der Waals surface area contributed by atoms with Crippen molar-refractivity contribution < 1.29 is 0 Å². The SMILES string of the molecule is CC(C)(C)c1ccc(CC(C)(C)[Si](C(C)(C)C)C(C)(C)C)cc1. The van der Waals surface area contributed by atoms with Crippen LogP contribution in [-0.4, -0.2) is 8.80 Å². The maximum Gasteiger partial charge on any atom is 0.0659 e. The molecule has 1 aromatic carbocycles. The Labute approximate surface area is 147 Å². The van der Waals surface area contributed by atoms with Crippen molar-refractivity contribution in [2.45, 2.75) is 103 Å². The second kappa shape index (κ2) is 6.39. The summed E-state index contributed by atoms with van der Waals surface area (Å²) in [5, 5.41) is 1.17. The zero-order valence-electron chi connectivity index (χ0n) is 17.5. The fraction of sp³-hybridized carbons (Fsp3) is 0.727. The Bertz CT molecular complexity index is 487. The van der Waals surface area contributed by atoms with Gasteiger partial charge in [-0.15, -0.1) is 0 Å². The van der Waals surface area contributed by atoms with Crippen LogP contribution < -0.4 is 0 Å². The molecule has 0 atom stereocenters. The molecule has 0 spiro atoms. The van der Waals surface area contributed by atoms with Gasteiger partial charge in [-0.2, -0.15) is 0 Å². The predicted molar refractivity (Wildman–Crippen MR) is 108 cm³/mol. The third kappa shape index (κ3) is 5.48. The lowest BCUT2D eigenvalue weighted by atomic mass is 9.86. The van der Waals surface area contributed by atoms with Crippen LogP contribution in [0.3, 0.4) is 0 Å². The molecule has 23 heavy (non-hydrogen) atoms. The van der Waals surface area contributed by atoms with Crippen molar-refractivity contribution in [1.29, 1.82) is 0 Å². The molecule has 0 unspecified atom stereocenters. The van der Waals surface area contributed by atoms with Crippen molar-refractivity contribution in [3.8, 4) is 0 Å². The van der Waals surface area contributed by atoms with Crippen molar-refractivity contribution in [2.24, 2.45) is 0 Å². The first kappa shape index (κ1) is 20.5. The average molecular weight is 332 g/mol. The number of rotatable bonds is 3. The van der Waals surface area contributed by atoms with Crippen LogP contribution in [0.5, 0.6) is 0 Å². The Morgan fingerprint density at radius 2 is 1.04 bits per heavy atom. The maximum absolute atomic E-state index is 2.50. The lowest BCUT2D eigenvalue weighted by Gasteiger charge is -2.49. The summed E-state index contributed by atoms with van der Waals surface area (Å²) in [4.78, 5) is 0. The van der Waals surface area contributed by atoms with Crippen LogP contribution in [0.1, 0.15) is 87.3 Å². The van der Waals surface area contributed by atoms with Crippen LogP contribution in [0.25, 0.3) is 0 Å². The van der Waals surface area contributed by atoms with E-state index in [1.54, 1.807) is 0 Å². The fourth-order valence-corrected chi connectivity index (χ4v) is 11.6. The number of hydrogen-bond donors (Lipinski definition) is 0. The molecule has 1 aromatic rings. The highest BCUT2D eigenvalue weighted by Crippen LogP contribution is 2.54. The molecule has 0 saturated carbocycles. The van der Waals surface area contributed by atoms with Gasteiger partial charge in [0.05, 0.1) is 8.80 Å². The maximum atomic E-state index is 2.50.